The predicted molar refractivity (Wildman–Crippen MR) is 55.2 cm³/mol. The first-order valence-electron chi connectivity index (χ1n) is 5.24. The van der Waals surface area contributed by atoms with Gasteiger partial charge in [0.25, 0.3) is 0 Å². The zero-order valence-corrected chi connectivity index (χ0v) is 9.21. The quantitative estimate of drug-likeness (QED) is 0.631. The number of carbonyl (C=O) groups excluding carboxylic acids is 2. The summed E-state index contributed by atoms with van der Waals surface area (Å²) in [7, 11) is 1.31. The van der Waals surface area contributed by atoms with E-state index in [1.54, 1.807) is 6.92 Å². The van der Waals surface area contributed by atoms with Crippen LogP contribution >= 0.6 is 0 Å². The van der Waals surface area contributed by atoms with Crippen LogP contribution < -0.4 is 10.6 Å². The second kappa shape index (κ2) is 5.70. The Kier molecular flexibility index (Phi) is 4.55. The number of hydrogen-bond acceptors (Lipinski definition) is 4. The van der Waals surface area contributed by atoms with Crippen LogP contribution in [0.25, 0.3) is 0 Å². The number of nitrogens with one attached hydrogen (secondary N) is 2. The zero-order valence-electron chi connectivity index (χ0n) is 9.21. The molecule has 5 heteroatoms. The van der Waals surface area contributed by atoms with E-state index in [2.05, 4.69) is 15.4 Å². The summed E-state index contributed by atoms with van der Waals surface area (Å²) in [6.45, 7) is 3.36. The van der Waals surface area contributed by atoms with Gasteiger partial charge in [-0.1, -0.05) is 0 Å². The number of carbonyl (C=O) groups is 2. The number of esters is 1. The number of methoxy groups -OCH3 is 1. The normalized spacial score (nSPS) is 19.3. The molecule has 0 spiro atoms. The lowest BCUT2D eigenvalue weighted by molar-refractivity contribution is -0.145. The van der Waals surface area contributed by atoms with Gasteiger partial charge in [-0.3, -0.25) is 4.79 Å². The van der Waals surface area contributed by atoms with Crippen molar-refractivity contribution in [2.75, 3.05) is 20.2 Å². The van der Waals surface area contributed by atoms with Crippen LogP contribution in [0.5, 0.6) is 0 Å². The molecule has 1 aliphatic rings. The molecule has 0 aromatic carbocycles. The molecule has 0 radical (unpaired) electrons. The summed E-state index contributed by atoms with van der Waals surface area (Å²) in [4.78, 5) is 22.8. The lowest BCUT2D eigenvalue weighted by atomic mass is 9.97. The fourth-order valence-electron chi connectivity index (χ4n) is 1.65. The summed E-state index contributed by atoms with van der Waals surface area (Å²) in [5.74, 6) is -0.426. The minimum absolute atomic E-state index is 0.0263. The van der Waals surface area contributed by atoms with Crippen LogP contribution in [0.4, 0.5) is 0 Å². The van der Waals surface area contributed by atoms with Crippen molar-refractivity contribution >= 4 is 11.9 Å². The molecule has 0 bridgehead atoms. The highest BCUT2D eigenvalue weighted by atomic mass is 16.5. The number of hydrogen-bond donors (Lipinski definition) is 2. The van der Waals surface area contributed by atoms with E-state index in [0.717, 1.165) is 25.9 Å². The fourth-order valence-corrected chi connectivity index (χ4v) is 1.65. The first-order valence-corrected chi connectivity index (χ1v) is 5.24. The summed E-state index contributed by atoms with van der Waals surface area (Å²) in [5, 5.41) is 5.84. The third-order valence-electron chi connectivity index (χ3n) is 2.62. The minimum atomic E-state index is -0.558. The maximum absolute atomic E-state index is 11.7. The smallest absolute Gasteiger partial charge is 0.328 e. The zero-order chi connectivity index (χ0) is 11.3. The lowest BCUT2D eigenvalue weighted by Crippen LogP contribution is -2.44. The molecule has 1 amide bonds. The number of ether oxygens (including phenoxy) is 1. The van der Waals surface area contributed by atoms with Gasteiger partial charge in [-0.15, -0.1) is 0 Å². The highest BCUT2D eigenvalue weighted by Gasteiger charge is 2.24. The molecule has 1 rings (SSSR count). The second-order valence-electron chi connectivity index (χ2n) is 3.78. The predicted octanol–water partition coefficient (Wildman–Crippen LogP) is -0.336. The summed E-state index contributed by atoms with van der Waals surface area (Å²) in [6, 6.07) is -0.558. The summed E-state index contributed by atoms with van der Waals surface area (Å²) < 4.78 is 4.53. The molecule has 0 saturated carbocycles. The van der Waals surface area contributed by atoms with Crippen molar-refractivity contribution in [2.45, 2.75) is 25.8 Å². The molecule has 1 fully saturated rings. The topological polar surface area (TPSA) is 67.4 Å². The van der Waals surface area contributed by atoms with Crippen LogP contribution in [-0.2, 0) is 14.3 Å². The van der Waals surface area contributed by atoms with E-state index < -0.39 is 12.0 Å². The standard InChI is InChI=1S/C10H18N2O3/c1-7(10(14)15-2)12-9(13)8-3-5-11-6-4-8/h7-8,11H,3-6H2,1-2H3,(H,12,13)/t7-/m1/s1. The van der Waals surface area contributed by atoms with E-state index in [1.807, 2.05) is 0 Å². The molecule has 1 heterocycles. The van der Waals surface area contributed by atoms with Crippen LogP contribution in [0.15, 0.2) is 0 Å². The van der Waals surface area contributed by atoms with Crippen molar-refractivity contribution < 1.29 is 14.3 Å². The average molecular weight is 214 g/mol. The van der Waals surface area contributed by atoms with Gasteiger partial charge >= 0.3 is 5.97 Å². The van der Waals surface area contributed by atoms with Crippen molar-refractivity contribution in [3.05, 3.63) is 0 Å². The van der Waals surface area contributed by atoms with Gasteiger partial charge in [0.2, 0.25) is 5.91 Å². The van der Waals surface area contributed by atoms with Gasteiger partial charge in [0.1, 0.15) is 6.04 Å². The molecule has 0 unspecified atom stereocenters. The molecule has 5 nitrogen and oxygen atoms in total. The maximum Gasteiger partial charge on any atom is 0.328 e. The third kappa shape index (κ3) is 3.51. The Labute approximate surface area is 89.6 Å². The van der Waals surface area contributed by atoms with Crippen molar-refractivity contribution in [3.63, 3.8) is 0 Å². The van der Waals surface area contributed by atoms with Gasteiger partial charge in [-0.2, -0.15) is 0 Å². The van der Waals surface area contributed by atoms with Crippen LogP contribution in [0.1, 0.15) is 19.8 Å². The number of piperidine rings is 1. The Morgan fingerprint density at radius 3 is 2.53 bits per heavy atom. The van der Waals surface area contributed by atoms with Gasteiger partial charge in [-0.05, 0) is 32.9 Å². The SMILES string of the molecule is COC(=O)[C@@H](C)NC(=O)C1CCNCC1. The highest BCUT2D eigenvalue weighted by Crippen LogP contribution is 2.11. The first kappa shape index (κ1) is 12.0. The Morgan fingerprint density at radius 1 is 1.40 bits per heavy atom. The van der Waals surface area contributed by atoms with Gasteiger partial charge in [0, 0.05) is 5.92 Å². The number of amides is 1. The van der Waals surface area contributed by atoms with E-state index in [0.29, 0.717) is 0 Å². The largest absolute Gasteiger partial charge is 0.467 e. The van der Waals surface area contributed by atoms with Gasteiger partial charge < -0.3 is 15.4 Å². The molecule has 15 heavy (non-hydrogen) atoms. The lowest BCUT2D eigenvalue weighted by Gasteiger charge is -2.23. The molecule has 1 saturated heterocycles. The first-order chi connectivity index (χ1) is 7.15. The van der Waals surface area contributed by atoms with Crippen molar-refractivity contribution in [1.82, 2.24) is 10.6 Å². The fraction of sp³-hybridized carbons (Fsp3) is 0.800. The van der Waals surface area contributed by atoms with Gasteiger partial charge in [0.05, 0.1) is 7.11 Å². The third-order valence-corrected chi connectivity index (χ3v) is 2.62. The Bertz CT molecular complexity index is 237. The Morgan fingerprint density at radius 2 is 2.00 bits per heavy atom. The van der Waals surface area contributed by atoms with Crippen LogP contribution in [0.3, 0.4) is 0 Å². The minimum Gasteiger partial charge on any atom is -0.467 e. The van der Waals surface area contributed by atoms with E-state index in [-0.39, 0.29) is 11.8 Å². The monoisotopic (exact) mass is 214 g/mol. The van der Waals surface area contributed by atoms with E-state index in [9.17, 15) is 9.59 Å². The summed E-state index contributed by atoms with van der Waals surface area (Å²) in [5.41, 5.74) is 0. The van der Waals surface area contributed by atoms with Crippen molar-refractivity contribution in [3.8, 4) is 0 Å². The molecule has 1 aliphatic heterocycles. The average Bonchev–Trinajstić information content (AvgIpc) is 2.29. The Balaban J connectivity index is 2.36. The maximum atomic E-state index is 11.7. The van der Waals surface area contributed by atoms with E-state index in [4.69, 9.17) is 0 Å². The van der Waals surface area contributed by atoms with Crippen LogP contribution in [0.2, 0.25) is 0 Å². The van der Waals surface area contributed by atoms with Gasteiger partial charge in [0.15, 0.2) is 0 Å². The summed E-state index contributed by atoms with van der Waals surface area (Å²) in [6.07, 6.45) is 1.67. The van der Waals surface area contributed by atoms with Crippen molar-refractivity contribution in [1.29, 1.82) is 0 Å². The van der Waals surface area contributed by atoms with Crippen molar-refractivity contribution in [2.24, 2.45) is 5.92 Å². The molecule has 86 valence electrons. The highest BCUT2D eigenvalue weighted by molar-refractivity contribution is 5.85. The Hall–Kier alpha value is -1.10. The molecule has 0 aliphatic carbocycles. The molecule has 0 aromatic heterocycles. The molecule has 2 N–H and O–H groups in total. The van der Waals surface area contributed by atoms with Crippen LogP contribution in [0, 0.1) is 5.92 Å². The second-order valence-corrected chi connectivity index (χ2v) is 3.78. The van der Waals surface area contributed by atoms with E-state index >= 15 is 0 Å². The summed E-state index contributed by atoms with van der Waals surface area (Å²) >= 11 is 0. The molecular formula is C10H18N2O3. The van der Waals surface area contributed by atoms with E-state index in [1.165, 1.54) is 7.11 Å². The van der Waals surface area contributed by atoms with Gasteiger partial charge in [-0.25, -0.2) is 4.79 Å². The molecule has 0 aromatic rings. The van der Waals surface area contributed by atoms with Crippen LogP contribution in [-0.4, -0.2) is 38.1 Å². The molecular weight excluding hydrogens is 196 g/mol. The number of rotatable bonds is 3. The molecule has 1 atom stereocenters.